The minimum atomic E-state index is -0.597. The van der Waals surface area contributed by atoms with Gasteiger partial charge in [0, 0.05) is 5.56 Å². The Bertz CT molecular complexity index is 583. The molecular formula is C11H10ClN3O3. The van der Waals surface area contributed by atoms with E-state index in [1.54, 1.807) is 6.92 Å². The average molecular weight is 268 g/mol. The van der Waals surface area contributed by atoms with Crippen molar-refractivity contribution >= 4 is 17.6 Å². The number of halogens is 1. The van der Waals surface area contributed by atoms with Crippen molar-refractivity contribution in [2.24, 2.45) is 0 Å². The zero-order valence-electron chi connectivity index (χ0n) is 9.48. The molecule has 0 saturated carbocycles. The largest absolute Gasteiger partial charge is 0.508 e. The van der Waals surface area contributed by atoms with E-state index in [0.717, 1.165) is 0 Å². The van der Waals surface area contributed by atoms with E-state index < -0.39 is 5.97 Å². The molecule has 0 fully saturated rings. The van der Waals surface area contributed by atoms with Crippen molar-refractivity contribution in [3.63, 3.8) is 0 Å². The lowest BCUT2D eigenvalue weighted by Crippen LogP contribution is -2.06. The van der Waals surface area contributed by atoms with E-state index >= 15 is 0 Å². The van der Waals surface area contributed by atoms with Crippen LogP contribution in [0.1, 0.15) is 17.4 Å². The molecule has 0 aliphatic heterocycles. The number of ether oxygens (including phenoxy) is 1. The first-order valence-electron chi connectivity index (χ1n) is 5.20. The van der Waals surface area contributed by atoms with Gasteiger partial charge in [0.2, 0.25) is 0 Å². The average Bonchev–Trinajstić information content (AvgIpc) is 2.81. The summed E-state index contributed by atoms with van der Waals surface area (Å²) < 4.78 is 4.85. The second-order valence-electron chi connectivity index (χ2n) is 3.41. The number of hydrogen-bond donors (Lipinski definition) is 2. The number of aromatic hydroxyl groups is 1. The third-order valence-electron chi connectivity index (χ3n) is 2.22. The van der Waals surface area contributed by atoms with E-state index in [1.165, 1.54) is 18.2 Å². The van der Waals surface area contributed by atoms with Crippen LogP contribution in [0.5, 0.6) is 5.75 Å². The summed E-state index contributed by atoms with van der Waals surface area (Å²) in [6.45, 7) is 1.93. The number of carbonyl (C=O) groups excluding carboxylic acids is 1. The van der Waals surface area contributed by atoms with Crippen molar-refractivity contribution in [1.29, 1.82) is 0 Å². The van der Waals surface area contributed by atoms with Gasteiger partial charge in [0.25, 0.3) is 0 Å². The first-order valence-corrected chi connectivity index (χ1v) is 5.58. The maximum Gasteiger partial charge on any atom is 0.361 e. The Balaban J connectivity index is 2.48. The van der Waals surface area contributed by atoms with Crippen LogP contribution in [-0.4, -0.2) is 33.1 Å². The van der Waals surface area contributed by atoms with E-state index in [2.05, 4.69) is 15.4 Å². The van der Waals surface area contributed by atoms with Gasteiger partial charge in [-0.25, -0.2) is 4.79 Å². The highest BCUT2D eigenvalue weighted by molar-refractivity contribution is 6.33. The molecule has 0 amide bonds. The van der Waals surface area contributed by atoms with Gasteiger partial charge in [0.1, 0.15) is 11.4 Å². The Morgan fingerprint density at radius 2 is 2.28 bits per heavy atom. The molecule has 0 radical (unpaired) electrons. The standard InChI is InChI=1S/C11H10ClN3O3/c1-2-18-11(17)10-9(13-15-14-10)7-5-6(16)3-4-8(7)12/h3-5,16H,2H2,1H3,(H,13,14,15). The summed E-state index contributed by atoms with van der Waals surface area (Å²) in [5, 5.41) is 19.7. The molecule has 6 nitrogen and oxygen atoms in total. The fourth-order valence-corrected chi connectivity index (χ4v) is 1.66. The predicted octanol–water partition coefficient (Wildman–Crippen LogP) is 2.01. The number of nitrogens with zero attached hydrogens (tertiary/aromatic N) is 2. The number of benzene rings is 1. The second-order valence-corrected chi connectivity index (χ2v) is 3.81. The van der Waals surface area contributed by atoms with Gasteiger partial charge in [-0.1, -0.05) is 11.6 Å². The lowest BCUT2D eigenvalue weighted by Gasteiger charge is -2.03. The molecule has 0 unspecified atom stereocenters. The fraction of sp³-hybridized carbons (Fsp3) is 0.182. The van der Waals surface area contributed by atoms with E-state index in [-0.39, 0.29) is 23.7 Å². The van der Waals surface area contributed by atoms with Gasteiger partial charge in [-0.3, -0.25) is 0 Å². The van der Waals surface area contributed by atoms with Gasteiger partial charge < -0.3 is 9.84 Å². The lowest BCUT2D eigenvalue weighted by atomic mass is 10.1. The Morgan fingerprint density at radius 3 is 3.00 bits per heavy atom. The van der Waals surface area contributed by atoms with Crippen LogP contribution >= 0.6 is 11.6 Å². The molecule has 94 valence electrons. The van der Waals surface area contributed by atoms with Crippen molar-refractivity contribution in [2.75, 3.05) is 6.61 Å². The van der Waals surface area contributed by atoms with Gasteiger partial charge >= 0.3 is 5.97 Å². The number of nitrogens with one attached hydrogen (secondary N) is 1. The molecule has 2 rings (SSSR count). The van der Waals surface area contributed by atoms with Crippen LogP contribution in [0, 0.1) is 0 Å². The Labute approximate surface area is 108 Å². The van der Waals surface area contributed by atoms with E-state index in [4.69, 9.17) is 16.3 Å². The van der Waals surface area contributed by atoms with Crippen LogP contribution in [-0.2, 0) is 4.74 Å². The number of aromatic nitrogens is 3. The molecule has 0 aliphatic rings. The number of phenolic OH excluding ortho intramolecular Hbond substituents is 1. The zero-order chi connectivity index (χ0) is 13.1. The molecule has 0 saturated heterocycles. The first-order chi connectivity index (χ1) is 8.63. The van der Waals surface area contributed by atoms with Gasteiger partial charge in [0.05, 0.1) is 11.6 Å². The Hall–Kier alpha value is -2.08. The van der Waals surface area contributed by atoms with Crippen LogP contribution in [0.15, 0.2) is 18.2 Å². The van der Waals surface area contributed by atoms with Crippen molar-refractivity contribution in [3.8, 4) is 17.0 Å². The van der Waals surface area contributed by atoms with Gasteiger partial charge in [-0.15, -0.1) is 5.10 Å². The Morgan fingerprint density at radius 1 is 1.50 bits per heavy atom. The summed E-state index contributed by atoms with van der Waals surface area (Å²) >= 11 is 6.00. The highest BCUT2D eigenvalue weighted by Crippen LogP contribution is 2.31. The zero-order valence-corrected chi connectivity index (χ0v) is 10.2. The highest BCUT2D eigenvalue weighted by atomic mass is 35.5. The molecular weight excluding hydrogens is 258 g/mol. The van der Waals surface area contributed by atoms with E-state index in [1.807, 2.05) is 0 Å². The van der Waals surface area contributed by atoms with Gasteiger partial charge in [0.15, 0.2) is 5.69 Å². The summed E-state index contributed by atoms with van der Waals surface area (Å²) in [7, 11) is 0. The molecule has 2 aromatic rings. The number of esters is 1. The van der Waals surface area contributed by atoms with Crippen LogP contribution in [0.25, 0.3) is 11.3 Å². The number of aromatic amines is 1. The topological polar surface area (TPSA) is 88.1 Å². The molecule has 1 heterocycles. The number of rotatable bonds is 3. The third kappa shape index (κ3) is 2.28. The maximum absolute atomic E-state index is 11.6. The van der Waals surface area contributed by atoms with Crippen molar-refractivity contribution in [1.82, 2.24) is 15.4 Å². The quantitative estimate of drug-likeness (QED) is 0.831. The number of phenols is 1. The summed E-state index contributed by atoms with van der Waals surface area (Å²) in [5.74, 6) is -0.576. The minimum absolute atomic E-state index is 0.0206. The second kappa shape index (κ2) is 5.05. The molecule has 18 heavy (non-hydrogen) atoms. The number of carbonyl (C=O) groups is 1. The molecule has 0 atom stereocenters. The van der Waals surface area contributed by atoms with Crippen molar-refractivity contribution in [3.05, 3.63) is 28.9 Å². The molecule has 0 spiro atoms. The van der Waals surface area contributed by atoms with Crippen LogP contribution in [0.3, 0.4) is 0 Å². The molecule has 1 aromatic carbocycles. The van der Waals surface area contributed by atoms with E-state index in [9.17, 15) is 9.90 Å². The predicted molar refractivity (Wildman–Crippen MR) is 64.5 cm³/mol. The van der Waals surface area contributed by atoms with Crippen LogP contribution in [0.2, 0.25) is 5.02 Å². The molecule has 1 aromatic heterocycles. The summed E-state index contributed by atoms with van der Waals surface area (Å²) in [5.41, 5.74) is 0.687. The fourth-order valence-electron chi connectivity index (χ4n) is 1.46. The lowest BCUT2D eigenvalue weighted by molar-refractivity contribution is 0.0520. The summed E-state index contributed by atoms with van der Waals surface area (Å²) in [6, 6.07) is 4.36. The first kappa shape index (κ1) is 12.4. The van der Waals surface area contributed by atoms with Crippen molar-refractivity contribution in [2.45, 2.75) is 6.92 Å². The number of hydrogen-bond acceptors (Lipinski definition) is 5. The van der Waals surface area contributed by atoms with Gasteiger partial charge in [-0.05, 0) is 25.1 Å². The normalized spacial score (nSPS) is 10.3. The number of H-pyrrole nitrogens is 1. The maximum atomic E-state index is 11.6. The van der Waals surface area contributed by atoms with Crippen LogP contribution < -0.4 is 0 Å². The minimum Gasteiger partial charge on any atom is -0.508 e. The van der Waals surface area contributed by atoms with Crippen molar-refractivity contribution < 1.29 is 14.6 Å². The SMILES string of the molecule is CCOC(=O)c1n[nH]nc1-c1cc(O)ccc1Cl. The van der Waals surface area contributed by atoms with Gasteiger partial charge in [-0.2, -0.15) is 10.3 Å². The van der Waals surface area contributed by atoms with E-state index in [0.29, 0.717) is 10.6 Å². The molecule has 2 N–H and O–H groups in total. The summed E-state index contributed by atoms with van der Waals surface area (Å²) in [6.07, 6.45) is 0. The third-order valence-corrected chi connectivity index (χ3v) is 2.55. The molecule has 7 heteroatoms. The summed E-state index contributed by atoms with van der Waals surface area (Å²) in [4.78, 5) is 11.6. The highest BCUT2D eigenvalue weighted by Gasteiger charge is 2.21. The monoisotopic (exact) mass is 267 g/mol. The molecule has 0 aliphatic carbocycles. The molecule has 0 bridgehead atoms. The van der Waals surface area contributed by atoms with Crippen LogP contribution in [0.4, 0.5) is 0 Å². The smallest absolute Gasteiger partial charge is 0.361 e. The Kier molecular flexibility index (Phi) is 3.47.